The van der Waals surface area contributed by atoms with Crippen LogP contribution in [0.1, 0.15) is 20.9 Å². The zero-order valence-electron chi connectivity index (χ0n) is 16.7. The van der Waals surface area contributed by atoms with E-state index in [-0.39, 0.29) is 5.91 Å². The van der Waals surface area contributed by atoms with Crippen LogP contribution in [0.4, 0.5) is 0 Å². The number of amides is 1. The van der Waals surface area contributed by atoms with Gasteiger partial charge in [-0.1, -0.05) is 36.4 Å². The second kappa shape index (κ2) is 9.73. The first-order chi connectivity index (χ1) is 15.2. The number of H-pyrrole nitrogens is 1. The Balaban J connectivity index is 1.43. The maximum atomic E-state index is 12.3. The minimum Gasteiger partial charge on any atom is -0.493 e. The summed E-state index contributed by atoms with van der Waals surface area (Å²) in [6, 6.07) is 20.9. The highest BCUT2D eigenvalue weighted by Gasteiger charge is 2.13. The number of aromatic nitrogens is 2. The molecular formula is C23H20N4O3S. The number of hydrogen-bond donors (Lipinski definition) is 2. The summed E-state index contributed by atoms with van der Waals surface area (Å²) in [4.78, 5) is 13.2. The molecule has 8 heteroatoms. The van der Waals surface area contributed by atoms with E-state index in [9.17, 15) is 4.79 Å². The highest BCUT2D eigenvalue weighted by molar-refractivity contribution is 7.11. The number of carbonyl (C=O) groups excluding carboxylic acids is 1. The van der Waals surface area contributed by atoms with Crippen molar-refractivity contribution in [1.82, 2.24) is 15.6 Å². The number of thiophene rings is 1. The molecule has 0 saturated carbocycles. The molecule has 0 radical (unpaired) electrons. The van der Waals surface area contributed by atoms with Crippen molar-refractivity contribution in [3.05, 3.63) is 88.2 Å². The van der Waals surface area contributed by atoms with Gasteiger partial charge < -0.3 is 9.47 Å². The number of rotatable bonds is 8. The van der Waals surface area contributed by atoms with Gasteiger partial charge in [-0.15, -0.1) is 11.3 Å². The molecular weight excluding hydrogens is 412 g/mol. The number of hydrogen-bond acceptors (Lipinski definition) is 6. The summed E-state index contributed by atoms with van der Waals surface area (Å²) in [5.74, 6) is 0.843. The van der Waals surface area contributed by atoms with Gasteiger partial charge in [-0.2, -0.15) is 10.2 Å². The van der Waals surface area contributed by atoms with Crippen molar-refractivity contribution in [1.29, 1.82) is 0 Å². The fourth-order valence-electron chi connectivity index (χ4n) is 2.85. The number of methoxy groups -OCH3 is 1. The van der Waals surface area contributed by atoms with Gasteiger partial charge in [-0.25, -0.2) is 5.43 Å². The molecule has 156 valence electrons. The van der Waals surface area contributed by atoms with Crippen LogP contribution >= 0.6 is 11.3 Å². The average molecular weight is 433 g/mol. The number of aromatic amines is 1. The second-order valence-electron chi connectivity index (χ2n) is 6.52. The van der Waals surface area contributed by atoms with E-state index in [1.54, 1.807) is 19.4 Å². The van der Waals surface area contributed by atoms with Gasteiger partial charge >= 0.3 is 0 Å². The fourth-order valence-corrected chi connectivity index (χ4v) is 3.43. The molecule has 0 unspecified atom stereocenters. The molecule has 31 heavy (non-hydrogen) atoms. The Labute approximate surface area is 183 Å². The fraction of sp³-hybridized carbons (Fsp3) is 0.0870. The van der Waals surface area contributed by atoms with Gasteiger partial charge in [0.15, 0.2) is 11.5 Å². The minimum atomic E-state index is -0.374. The van der Waals surface area contributed by atoms with Crippen molar-refractivity contribution >= 4 is 23.5 Å². The first-order valence-corrected chi connectivity index (χ1v) is 10.4. The van der Waals surface area contributed by atoms with Gasteiger partial charge in [0.05, 0.1) is 19.0 Å². The van der Waals surface area contributed by atoms with E-state index in [1.165, 1.54) is 11.3 Å². The summed E-state index contributed by atoms with van der Waals surface area (Å²) in [7, 11) is 1.59. The lowest BCUT2D eigenvalue weighted by molar-refractivity contribution is 0.0950. The topological polar surface area (TPSA) is 88.6 Å². The Bertz CT molecular complexity index is 1170. The summed E-state index contributed by atoms with van der Waals surface area (Å²) in [6.07, 6.45) is 1.60. The molecule has 2 aromatic carbocycles. The molecule has 4 aromatic rings. The number of nitrogens with zero attached hydrogens (tertiary/aromatic N) is 2. The average Bonchev–Trinajstić information content (AvgIpc) is 3.51. The minimum absolute atomic E-state index is 0.307. The molecule has 2 heterocycles. The second-order valence-corrected chi connectivity index (χ2v) is 7.50. The van der Waals surface area contributed by atoms with Gasteiger partial charge in [0.25, 0.3) is 5.91 Å². The Morgan fingerprint density at radius 1 is 1.13 bits per heavy atom. The monoisotopic (exact) mass is 432 g/mol. The number of nitrogens with one attached hydrogen (secondary N) is 2. The summed E-state index contributed by atoms with van der Waals surface area (Å²) in [5.41, 5.74) is 5.27. The molecule has 1 amide bonds. The Kier molecular flexibility index (Phi) is 6.39. The van der Waals surface area contributed by atoms with E-state index >= 15 is 0 Å². The first kappa shape index (κ1) is 20.4. The standard InChI is InChI=1S/C23H20N4O3S/c1-29-22-12-17(9-10-21(22)30-15-16-6-3-2-4-7-16)19-13-20(26-25-19)23(28)27-24-14-18-8-5-11-31-18/h2-14H,15H2,1H3,(H,25,26)(H,27,28)/b24-14+. The van der Waals surface area contributed by atoms with Crippen LogP contribution in [0, 0.1) is 0 Å². The lowest BCUT2D eigenvalue weighted by Gasteiger charge is -2.11. The van der Waals surface area contributed by atoms with E-state index in [4.69, 9.17) is 9.47 Å². The van der Waals surface area contributed by atoms with Crippen LogP contribution in [0.2, 0.25) is 0 Å². The van der Waals surface area contributed by atoms with Crippen LogP contribution in [0.25, 0.3) is 11.3 Å². The molecule has 0 saturated heterocycles. The Morgan fingerprint density at radius 2 is 2.00 bits per heavy atom. The third-order valence-electron chi connectivity index (χ3n) is 4.42. The molecule has 0 bridgehead atoms. The first-order valence-electron chi connectivity index (χ1n) is 9.50. The van der Waals surface area contributed by atoms with Crippen LogP contribution < -0.4 is 14.9 Å². The predicted molar refractivity (Wildman–Crippen MR) is 121 cm³/mol. The number of hydrazone groups is 1. The molecule has 0 aliphatic heterocycles. The Hall–Kier alpha value is -3.91. The number of carbonyl (C=O) groups is 1. The summed E-state index contributed by atoms with van der Waals surface area (Å²) >= 11 is 1.54. The highest BCUT2D eigenvalue weighted by atomic mass is 32.1. The maximum absolute atomic E-state index is 12.3. The van der Waals surface area contributed by atoms with Gasteiger partial charge in [-0.3, -0.25) is 9.89 Å². The molecule has 2 N–H and O–H groups in total. The van der Waals surface area contributed by atoms with Gasteiger partial charge in [0.2, 0.25) is 0 Å². The third-order valence-corrected chi connectivity index (χ3v) is 5.23. The molecule has 0 atom stereocenters. The van der Waals surface area contributed by atoms with E-state index in [2.05, 4.69) is 20.7 Å². The molecule has 0 aliphatic rings. The summed E-state index contributed by atoms with van der Waals surface area (Å²) in [5, 5.41) is 12.9. The van der Waals surface area contributed by atoms with E-state index in [0.717, 1.165) is 16.0 Å². The smallest absolute Gasteiger partial charge is 0.289 e. The van der Waals surface area contributed by atoms with Crippen molar-refractivity contribution in [2.45, 2.75) is 6.61 Å². The SMILES string of the molecule is COc1cc(-c2cc(C(=O)N/N=C/c3cccs3)[nH]n2)ccc1OCc1ccccc1. The van der Waals surface area contributed by atoms with Crippen molar-refractivity contribution in [2.24, 2.45) is 5.10 Å². The molecule has 0 spiro atoms. The predicted octanol–water partition coefficient (Wildman–Crippen LogP) is 4.49. The Morgan fingerprint density at radius 3 is 2.77 bits per heavy atom. The number of ether oxygens (including phenoxy) is 2. The van der Waals surface area contributed by atoms with Gasteiger partial charge in [0.1, 0.15) is 12.3 Å². The zero-order valence-corrected chi connectivity index (χ0v) is 17.6. The molecule has 2 aromatic heterocycles. The van der Waals surface area contributed by atoms with E-state index in [1.807, 2.05) is 66.0 Å². The quantitative estimate of drug-likeness (QED) is 0.317. The maximum Gasteiger partial charge on any atom is 0.289 e. The van der Waals surface area contributed by atoms with Crippen LogP contribution in [0.3, 0.4) is 0 Å². The highest BCUT2D eigenvalue weighted by Crippen LogP contribution is 2.32. The summed E-state index contributed by atoms with van der Waals surface area (Å²) in [6.45, 7) is 0.440. The summed E-state index contributed by atoms with van der Waals surface area (Å²) < 4.78 is 11.4. The molecule has 0 fully saturated rings. The van der Waals surface area contributed by atoms with Crippen molar-refractivity contribution in [3.63, 3.8) is 0 Å². The van der Waals surface area contributed by atoms with E-state index in [0.29, 0.717) is 29.5 Å². The molecule has 4 rings (SSSR count). The third kappa shape index (κ3) is 5.18. The van der Waals surface area contributed by atoms with Crippen molar-refractivity contribution in [2.75, 3.05) is 7.11 Å². The van der Waals surface area contributed by atoms with Gasteiger partial charge in [0, 0.05) is 10.4 Å². The van der Waals surface area contributed by atoms with Crippen LogP contribution in [0.15, 0.2) is 77.2 Å². The molecule has 0 aliphatic carbocycles. The van der Waals surface area contributed by atoms with Crippen LogP contribution in [0.5, 0.6) is 11.5 Å². The van der Waals surface area contributed by atoms with Crippen LogP contribution in [-0.2, 0) is 6.61 Å². The molecule has 7 nitrogen and oxygen atoms in total. The van der Waals surface area contributed by atoms with E-state index < -0.39 is 0 Å². The lowest BCUT2D eigenvalue weighted by atomic mass is 10.1. The van der Waals surface area contributed by atoms with Crippen LogP contribution in [-0.4, -0.2) is 29.4 Å². The largest absolute Gasteiger partial charge is 0.493 e. The van der Waals surface area contributed by atoms with Crippen molar-refractivity contribution in [3.8, 4) is 22.8 Å². The lowest BCUT2D eigenvalue weighted by Crippen LogP contribution is -2.17. The normalized spacial score (nSPS) is 10.9. The van der Waals surface area contributed by atoms with Gasteiger partial charge in [-0.05, 0) is 41.3 Å². The zero-order chi connectivity index (χ0) is 21.5. The van der Waals surface area contributed by atoms with Crippen molar-refractivity contribution < 1.29 is 14.3 Å². The number of benzene rings is 2.